The van der Waals surface area contributed by atoms with Crippen molar-refractivity contribution < 1.29 is 17.9 Å². The molecule has 0 fully saturated rings. The first-order chi connectivity index (χ1) is 9.15. The van der Waals surface area contributed by atoms with Gasteiger partial charge in [-0.05, 0) is 24.1 Å². The van der Waals surface area contributed by atoms with E-state index in [1.165, 1.54) is 17.7 Å². The Bertz CT molecular complexity index is 548. The third-order valence-corrected chi connectivity index (χ3v) is 2.36. The number of para-hydroxylation sites is 1. The van der Waals surface area contributed by atoms with Crippen LogP contribution in [0.5, 0.6) is 5.75 Å². The first-order valence-corrected chi connectivity index (χ1v) is 5.81. The number of rotatable bonds is 3. The third-order valence-electron chi connectivity index (χ3n) is 2.36. The van der Waals surface area contributed by atoms with E-state index in [9.17, 15) is 4.79 Å². The maximum absolute atomic E-state index is 10.3. The van der Waals surface area contributed by atoms with Gasteiger partial charge in [0.15, 0.2) is 0 Å². The van der Waals surface area contributed by atoms with Crippen LogP contribution in [0.1, 0.15) is 18.8 Å². The van der Waals surface area contributed by atoms with Crippen molar-refractivity contribution in [1.29, 1.82) is 0 Å². The van der Waals surface area contributed by atoms with Gasteiger partial charge in [0.05, 0.1) is 0 Å². The Kier molecular flexibility index (Phi) is 9.81. The summed E-state index contributed by atoms with van der Waals surface area (Å²) in [6.07, 6.45) is 2.89. The molecule has 0 bridgehead atoms. The van der Waals surface area contributed by atoms with Crippen LogP contribution in [0.15, 0.2) is 67.3 Å². The number of aromatic carboxylic acids is 1. The molecule has 3 nitrogen and oxygen atoms in total. The fourth-order valence-corrected chi connectivity index (χ4v) is 1.44. The minimum atomic E-state index is -1.11. The molecule has 0 saturated heterocycles. The summed E-state index contributed by atoms with van der Waals surface area (Å²) in [4.78, 5) is 10.3. The van der Waals surface area contributed by atoms with Crippen LogP contribution in [0.3, 0.4) is 0 Å². The van der Waals surface area contributed by atoms with Crippen LogP contribution in [0.25, 0.3) is 0 Å². The monoisotopic (exact) mass is 298 g/mol. The zero-order valence-corrected chi connectivity index (χ0v) is 13.4. The third kappa shape index (κ3) is 6.75. The average molecular weight is 298 g/mol. The fourth-order valence-electron chi connectivity index (χ4n) is 1.44. The molecular formula is C16H18CaO3. The van der Waals surface area contributed by atoms with Crippen molar-refractivity contribution in [3.05, 3.63) is 78.4 Å². The Morgan fingerprint density at radius 3 is 2.10 bits per heavy atom. The van der Waals surface area contributed by atoms with Gasteiger partial charge in [0, 0.05) is 0 Å². The van der Waals surface area contributed by atoms with E-state index in [0.29, 0.717) is 0 Å². The molecule has 2 aromatic rings. The van der Waals surface area contributed by atoms with E-state index in [-0.39, 0.29) is 51.9 Å². The number of allylic oxidation sites excluding steroid dienone is 1. The van der Waals surface area contributed by atoms with Gasteiger partial charge >= 0.3 is 43.7 Å². The van der Waals surface area contributed by atoms with Gasteiger partial charge in [0.2, 0.25) is 0 Å². The molecule has 0 aliphatic carbocycles. The molecule has 0 spiro atoms. The molecule has 0 amide bonds. The van der Waals surface area contributed by atoms with Gasteiger partial charge < -0.3 is 13.1 Å². The molecule has 0 radical (unpaired) electrons. The van der Waals surface area contributed by atoms with E-state index in [1.807, 2.05) is 24.3 Å². The van der Waals surface area contributed by atoms with Crippen LogP contribution >= 0.6 is 0 Å². The summed E-state index contributed by atoms with van der Waals surface area (Å²) in [6.45, 7) is 3.66. The maximum atomic E-state index is 10.3. The van der Waals surface area contributed by atoms with Crippen LogP contribution in [0.2, 0.25) is 0 Å². The Labute approximate surface area is 151 Å². The predicted octanol–water partition coefficient (Wildman–Crippen LogP) is 3.35. The van der Waals surface area contributed by atoms with Crippen LogP contribution in [0.4, 0.5) is 0 Å². The number of aromatic hydroxyl groups is 1. The van der Waals surface area contributed by atoms with E-state index >= 15 is 0 Å². The van der Waals surface area contributed by atoms with Crippen LogP contribution in [-0.2, 0) is 6.42 Å². The Balaban J connectivity index is -0.000000290. The van der Waals surface area contributed by atoms with E-state index in [2.05, 4.69) is 18.7 Å². The molecule has 102 valence electrons. The Morgan fingerprint density at radius 2 is 1.65 bits per heavy atom. The van der Waals surface area contributed by atoms with Crippen molar-refractivity contribution >= 4 is 43.7 Å². The molecular weight excluding hydrogens is 280 g/mol. The zero-order chi connectivity index (χ0) is 14.1. The van der Waals surface area contributed by atoms with Crippen LogP contribution in [0, 0.1) is 0 Å². The molecule has 0 unspecified atom stereocenters. The number of hydrogen-bond acceptors (Lipinski definition) is 2. The molecule has 2 aromatic carbocycles. The van der Waals surface area contributed by atoms with Crippen LogP contribution in [-0.4, -0.2) is 53.9 Å². The van der Waals surface area contributed by atoms with Gasteiger partial charge in [-0.15, -0.1) is 6.58 Å². The van der Waals surface area contributed by atoms with Gasteiger partial charge in [-0.1, -0.05) is 48.5 Å². The first kappa shape index (κ1) is 18.7. The molecule has 0 aliphatic rings. The van der Waals surface area contributed by atoms with Crippen molar-refractivity contribution in [1.82, 2.24) is 0 Å². The first-order valence-electron chi connectivity index (χ1n) is 5.81. The minimum absolute atomic E-state index is 0. The SMILES string of the molecule is C=CCc1ccccc1.O=C(O)c1ccccc1O.[Ca+2].[H-].[H-]. The average Bonchev–Trinajstić information content (AvgIpc) is 2.41. The van der Waals surface area contributed by atoms with E-state index < -0.39 is 5.97 Å². The molecule has 20 heavy (non-hydrogen) atoms. The van der Waals surface area contributed by atoms with Gasteiger partial charge in [0.1, 0.15) is 11.3 Å². The summed E-state index contributed by atoms with van der Waals surface area (Å²) in [7, 11) is 0. The second-order valence-corrected chi connectivity index (χ2v) is 3.80. The standard InChI is InChI=1S/C9H10.C7H6O3.Ca.2H/c1-2-6-9-7-4-3-5-8-9;8-6-4-2-1-3-5(6)7(9)10;;;/h2-5,7-8H,1,6H2;1-4,8H,(H,9,10);;;/q;;+2;2*-1. The largest absolute Gasteiger partial charge is 2.00 e. The van der Waals surface area contributed by atoms with Crippen molar-refractivity contribution in [3.8, 4) is 5.75 Å². The molecule has 0 aromatic heterocycles. The number of carbonyl (C=O) groups is 1. The number of carboxylic acids is 1. The number of phenols is 1. The van der Waals surface area contributed by atoms with Gasteiger partial charge in [-0.3, -0.25) is 0 Å². The second-order valence-electron chi connectivity index (χ2n) is 3.80. The summed E-state index contributed by atoms with van der Waals surface area (Å²) in [6, 6.07) is 16.1. The normalized spacial score (nSPS) is 8.60. The topological polar surface area (TPSA) is 57.5 Å². The Hall–Kier alpha value is -1.29. The fraction of sp³-hybridized carbons (Fsp3) is 0.0625. The van der Waals surface area contributed by atoms with Gasteiger partial charge in [-0.25, -0.2) is 4.79 Å². The summed E-state index contributed by atoms with van der Waals surface area (Å²) in [5.41, 5.74) is 1.26. The number of carboxylic acid groups (broad SMARTS) is 1. The molecule has 0 aliphatic heterocycles. The van der Waals surface area contributed by atoms with Crippen molar-refractivity contribution in [2.75, 3.05) is 0 Å². The summed E-state index contributed by atoms with van der Waals surface area (Å²) in [5, 5.41) is 17.3. The van der Waals surface area contributed by atoms with Crippen molar-refractivity contribution in [2.24, 2.45) is 0 Å². The molecule has 0 saturated carbocycles. The minimum Gasteiger partial charge on any atom is -1.00 e. The predicted molar refractivity (Wildman–Crippen MR) is 83.4 cm³/mol. The summed E-state index contributed by atoms with van der Waals surface area (Å²) >= 11 is 0. The number of benzene rings is 2. The zero-order valence-electron chi connectivity index (χ0n) is 13.2. The second kappa shape index (κ2) is 10.5. The molecule has 2 rings (SSSR count). The molecule has 0 heterocycles. The van der Waals surface area contributed by atoms with E-state index in [4.69, 9.17) is 10.2 Å². The quantitative estimate of drug-likeness (QED) is 0.675. The molecule has 4 heteroatoms. The Morgan fingerprint density at radius 1 is 1.10 bits per heavy atom. The van der Waals surface area contributed by atoms with E-state index in [1.54, 1.807) is 12.1 Å². The van der Waals surface area contributed by atoms with Crippen LogP contribution < -0.4 is 0 Å². The molecule has 2 N–H and O–H groups in total. The van der Waals surface area contributed by atoms with Gasteiger partial charge in [-0.2, -0.15) is 0 Å². The number of hydrogen-bond donors (Lipinski definition) is 2. The smallest absolute Gasteiger partial charge is 1.00 e. The summed E-state index contributed by atoms with van der Waals surface area (Å²) in [5.74, 6) is -1.31. The maximum Gasteiger partial charge on any atom is 2.00 e. The molecule has 0 atom stereocenters. The van der Waals surface area contributed by atoms with E-state index in [0.717, 1.165) is 6.42 Å². The van der Waals surface area contributed by atoms with Crippen molar-refractivity contribution in [2.45, 2.75) is 6.42 Å². The summed E-state index contributed by atoms with van der Waals surface area (Å²) < 4.78 is 0. The van der Waals surface area contributed by atoms with Gasteiger partial charge in [0.25, 0.3) is 0 Å². The van der Waals surface area contributed by atoms with Crippen molar-refractivity contribution in [3.63, 3.8) is 0 Å².